The number of alkyl halides is 3. The minimum absolute atomic E-state index is 0.105. The van der Waals surface area contributed by atoms with Gasteiger partial charge in [-0.1, -0.05) is 0 Å². The molecule has 1 aliphatic carbocycles. The number of anilines is 1. The lowest BCUT2D eigenvalue weighted by Gasteiger charge is -2.41. The molecule has 1 saturated carbocycles. The number of likely N-dealkylation sites (tertiary alicyclic amines) is 1. The van der Waals surface area contributed by atoms with Crippen molar-refractivity contribution in [2.45, 2.75) is 57.2 Å². The van der Waals surface area contributed by atoms with E-state index in [-0.39, 0.29) is 17.9 Å². The molecular weight excluding hydrogens is 381 g/mol. The summed E-state index contributed by atoms with van der Waals surface area (Å²) in [6.07, 6.45) is 2.33. The van der Waals surface area contributed by atoms with Crippen molar-refractivity contribution in [2.75, 3.05) is 24.5 Å². The maximum Gasteiger partial charge on any atom is 0.417 e. The normalized spacial score (nSPS) is 30.6. The Morgan fingerprint density at radius 2 is 1.90 bits per heavy atom. The fraction of sp³-hybridized carbons (Fsp3) is 0.667. The largest absolute Gasteiger partial charge is 0.417 e. The maximum atomic E-state index is 13.4. The van der Waals surface area contributed by atoms with Crippen molar-refractivity contribution >= 4 is 11.7 Å². The molecule has 0 radical (unpaired) electrons. The molecule has 3 aliphatic rings. The van der Waals surface area contributed by atoms with E-state index in [2.05, 4.69) is 11.1 Å². The van der Waals surface area contributed by atoms with Gasteiger partial charge in [-0.3, -0.25) is 4.79 Å². The minimum Gasteiger partial charge on any atom is -0.356 e. The summed E-state index contributed by atoms with van der Waals surface area (Å²) in [5.41, 5.74) is -1.22. The van der Waals surface area contributed by atoms with Crippen LogP contribution in [-0.4, -0.2) is 41.5 Å². The third-order valence-corrected chi connectivity index (χ3v) is 6.84. The van der Waals surface area contributed by atoms with Crippen LogP contribution < -0.4 is 4.90 Å². The molecule has 4 rings (SSSR count). The van der Waals surface area contributed by atoms with Gasteiger partial charge in [0, 0.05) is 37.8 Å². The fourth-order valence-electron chi connectivity index (χ4n) is 5.16. The lowest BCUT2D eigenvalue weighted by molar-refractivity contribution is -0.139. The number of rotatable bonds is 2. The summed E-state index contributed by atoms with van der Waals surface area (Å²) in [4.78, 5) is 21.4. The Morgan fingerprint density at radius 3 is 2.52 bits per heavy atom. The molecule has 156 valence electrons. The van der Waals surface area contributed by atoms with E-state index in [9.17, 15) is 18.0 Å². The number of carbonyl (C=O) groups is 1. The van der Waals surface area contributed by atoms with Gasteiger partial charge < -0.3 is 9.80 Å². The van der Waals surface area contributed by atoms with Gasteiger partial charge in [0.1, 0.15) is 5.82 Å². The third-order valence-electron chi connectivity index (χ3n) is 6.84. The van der Waals surface area contributed by atoms with Crippen LogP contribution in [-0.2, 0) is 11.0 Å². The predicted octanol–water partition coefficient (Wildman–Crippen LogP) is 4.00. The number of carbonyl (C=O) groups excluding carboxylic acids is 1. The Balaban J connectivity index is 1.45. The number of piperidine rings is 1. The van der Waals surface area contributed by atoms with Crippen molar-refractivity contribution in [1.82, 2.24) is 9.88 Å². The molecule has 1 aromatic heterocycles. The van der Waals surface area contributed by atoms with E-state index in [4.69, 9.17) is 5.26 Å². The summed E-state index contributed by atoms with van der Waals surface area (Å²) >= 11 is 0. The zero-order chi connectivity index (χ0) is 20.6. The highest BCUT2D eigenvalue weighted by molar-refractivity contribution is 5.86. The van der Waals surface area contributed by atoms with Gasteiger partial charge in [-0.05, 0) is 57.1 Å². The fourth-order valence-corrected chi connectivity index (χ4v) is 5.16. The molecule has 8 heteroatoms. The van der Waals surface area contributed by atoms with Crippen molar-refractivity contribution in [1.29, 1.82) is 5.26 Å². The zero-order valence-corrected chi connectivity index (χ0v) is 16.3. The molecule has 5 nitrogen and oxygen atoms in total. The van der Waals surface area contributed by atoms with E-state index in [1.54, 1.807) is 0 Å². The van der Waals surface area contributed by atoms with E-state index in [0.717, 1.165) is 63.8 Å². The molecule has 1 spiro atoms. The quantitative estimate of drug-likeness (QED) is 0.745. The van der Waals surface area contributed by atoms with Gasteiger partial charge >= 0.3 is 6.18 Å². The smallest absolute Gasteiger partial charge is 0.356 e. The highest BCUT2D eigenvalue weighted by atomic mass is 19.4. The molecule has 0 N–H and O–H groups in total. The summed E-state index contributed by atoms with van der Waals surface area (Å²) in [5, 5.41) is 9.09. The van der Waals surface area contributed by atoms with Crippen molar-refractivity contribution in [3.63, 3.8) is 0 Å². The Labute approximate surface area is 168 Å². The predicted molar refractivity (Wildman–Crippen MR) is 101 cm³/mol. The molecule has 3 fully saturated rings. The SMILES string of the molecule is N#CC1CCC(N2CC[C@@]3(CCCN(c4ccc(C(F)(F)F)cn4)C3)C2=O)CC1. The Bertz CT molecular complexity index is 796. The zero-order valence-electron chi connectivity index (χ0n) is 16.3. The molecule has 29 heavy (non-hydrogen) atoms. The van der Waals surface area contributed by atoms with E-state index in [0.29, 0.717) is 18.9 Å². The standard InChI is InChI=1S/C21H25F3N4O/c22-21(23,24)16-4-7-18(26-13-16)27-10-1-8-20(14-27)9-11-28(19(20)29)17-5-2-15(12-25)3-6-17/h4,7,13,15,17H,1-3,5-6,8-11,14H2/t15?,17?,20-/m1/s1. The number of amides is 1. The van der Waals surface area contributed by atoms with E-state index in [1.807, 2.05) is 9.80 Å². The second-order valence-corrected chi connectivity index (χ2v) is 8.59. The van der Waals surface area contributed by atoms with Crippen LogP contribution in [0.3, 0.4) is 0 Å². The maximum absolute atomic E-state index is 13.4. The van der Waals surface area contributed by atoms with Crippen LogP contribution in [0, 0.1) is 22.7 Å². The van der Waals surface area contributed by atoms with Gasteiger partial charge in [0.15, 0.2) is 0 Å². The first-order valence-electron chi connectivity index (χ1n) is 10.3. The van der Waals surface area contributed by atoms with E-state index >= 15 is 0 Å². The lowest BCUT2D eigenvalue weighted by atomic mass is 9.78. The number of nitriles is 1. The summed E-state index contributed by atoms with van der Waals surface area (Å²) in [6.45, 7) is 1.93. The lowest BCUT2D eigenvalue weighted by Crippen LogP contribution is -2.50. The molecule has 1 amide bonds. The molecular formula is C21H25F3N4O. The van der Waals surface area contributed by atoms with Crippen LogP contribution in [0.2, 0.25) is 0 Å². The monoisotopic (exact) mass is 406 g/mol. The van der Waals surface area contributed by atoms with Crippen LogP contribution in [0.25, 0.3) is 0 Å². The Kier molecular flexibility index (Phi) is 5.18. The number of halogens is 3. The van der Waals surface area contributed by atoms with E-state index in [1.165, 1.54) is 6.07 Å². The average Bonchev–Trinajstić information content (AvgIpc) is 3.03. The van der Waals surface area contributed by atoms with Crippen molar-refractivity contribution in [2.24, 2.45) is 11.3 Å². The molecule has 2 aliphatic heterocycles. The van der Waals surface area contributed by atoms with Crippen LogP contribution in [0.4, 0.5) is 19.0 Å². The molecule has 0 aromatic carbocycles. The van der Waals surface area contributed by atoms with Crippen molar-refractivity contribution < 1.29 is 18.0 Å². The molecule has 0 bridgehead atoms. The van der Waals surface area contributed by atoms with Gasteiger partial charge in [0.2, 0.25) is 5.91 Å². The molecule has 2 saturated heterocycles. The second-order valence-electron chi connectivity index (χ2n) is 8.59. The van der Waals surface area contributed by atoms with Crippen LogP contribution >= 0.6 is 0 Å². The Hall–Kier alpha value is -2.30. The summed E-state index contributed by atoms with van der Waals surface area (Å²) in [5.74, 6) is 0.779. The third kappa shape index (κ3) is 3.79. The molecule has 1 atom stereocenters. The number of nitrogens with zero attached hydrogens (tertiary/aromatic N) is 4. The highest BCUT2D eigenvalue weighted by Crippen LogP contribution is 2.43. The first-order chi connectivity index (χ1) is 13.8. The minimum atomic E-state index is -4.40. The summed E-state index contributed by atoms with van der Waals surface area (Å²) < 4.78 is 38.4. The number of hydrogen-bond donors (Lipinski definition) is 0. The molecule has 1 aromatic rings. The number of aromatic nitrogens is 1. The first kappa shape index (κ1) is 20.0. The molecule has 0 unspecified atom stereocenters. The van der Waals surface area contributed by atoms with Crippen molar-refractivity contribution in [3.8, 4) is 6.07 Å². The van der Waals surface area contributed by atoms with Gasteiger partial charge in [0.25, 0.3) is 0 Å². The van der Waals surface area contributed by atoms with Gasteiger partial charge in [-0.15, -0.1) is 0 Å². The Morgan fingerprint density at radius 1 is 1.14 bits per heavy atom. The van der Waals surface area contributed by atoms with Gasteiger partial charge in [-0.2, -0.15) is 18.4 Å². The summed E-state index contributed by atoms with van der Waals surface area (Å²) in [7, 11) is 0. The molecule has 3 heterocycles. The topological polar surface area (TPSA) is 60.2 Å². The van der Waals surface area contributed by atoms with Crippen LogP contribution in [0.1, 0.15) is 50.5 Å². The van der Waals surface area contributed by atoms with Gasteiger partial charge in [-0.25, -0.2) is 4.98 Å². The first-order valence-corrected chi connectivity index (χ1v) is 10.3. The average molecular weight is 406 g/mol. The van der Waals surface area contributed by atoms with Gasteiger partial charge in [0.05, 0.1) is 17.0 Å². The number of pyridine rings is 1. The summed E-state index contributed by atoms with van der Waals surface area (Å²) in [6, 6.07) is 5.01. The highest BCUT2D eigenvalue weighted by Gasteiger charge is 2.50. The second kappa shape index (κ2) is 7.51. The van der Waals surface area contributed by atoms with E-state index < -0.39 is 17.2 Å². The van der Waals surface area contributed by atoms with Crippen LogP contribution in [0.15, 0.2) is 18.3 Å². The van der Waals surface area contributed by atoms with Crippen molar-refractivity contribution in [3.05, 3.63) is 23.9 Å². The van der Waals surface area contributed by atoms with Crippen LogP contribution in [0.5, 0.6) is 0 Å². The number of hydrogen-bond acceptors (Lipinski definition) is 4.